The second kappa shape index (κ2) is 5.91. The topological polar surface area (TPSA) is 46.3 Å². The van der Waals surface area contributed by atoms with Crippen molar-refractivity contribution in [2.45, 2.75) is 31.3 Å². The first-order chi connectivity index (χ1) is 8.01. The molecule has 1 amide bonds. The van der Waals surface area contributed by atoms with E-state index in [1.54, 1.807) is 11.9 Å². The van der Waals surface area contributed by atoms with Crippen molar-refractivity contribution in [1.82, 2.24) is 4.90 Å². The van der Waals surface area contributed by atoms with Crippen molar-refractivity contribution in [2.24, 2.45) is 5.73 Å². The highest BCUT2D eigenvalue weighted by Gasteiger charge is 2.41. The van der Waals surface area contributed by atoms with Crippen LogP contribution in [0.1, 0.15) is 24.8 Å². The van der Waals surface area contributed by atoms with Crippen LogP contribution in [0, 0.1) is 0 Å². The largest absolute Gasteiger partial charge is 0.340 e. The number of halogens is 2. The van der Waals surface area contributed by atoms with Gasteiger partial charge in [-0.3, -0.25) is 4.79 Å². The molecule has 2 N–H and O–H groups in total. The number of hydrogen-bond donors (Lipinski definition) is 1. The molecule has 0 radical (unpaired) electrons. The van der Waals surface area contributed by atoms with Crippen LogP contribution in [0.15, 0.2) is 24.3 Å². The lowest BCUT2D eigenvalue weighted by Gasteiger charge is -2.39. The lowest BCUT2D eigenvalue weighted by molar-refractivity contribution is -0.139. The van der Waals surface area contributed by atoms with E-state index >= 15 is 0 Å². The summed E-state index contributed by atoms with van der Waals surface area (Å²) in [5.41, 5.74) is 6.42. The molecule has 1 fully saturated rings. The van der Waals surface area contributed by atoms with Crippen LogP contribution in [0.3, 0.4) is 0 Å². The standard InChI is InChI=1S/C13H17ClN2O.ClH/c1-16(12(17)13(15)6-3-7-13)9-10-4-2-5-11(14)8-10;/h2,4-5,8H,3,6-7,9,15H2,1H3;1H. The molecular formula is C13H18Cl2N2O. The Kier molecular flexibility index (Phi) is 5.02. The highest BCUT2D eigenvalue weighted by atomic mass is 35.5. The summed E-state index contributed by atoms with van der Waals surface area (Å²) >= 11 is 5.91. The maximum Gasteiger partial charge on any atom is 0.242 e. The quantitative estimate of drug-likeness (QED) is 0.929. The van der Waals surface area contributed by atoms with Crippen molar-refractivity contribution >= 4 is 29.9 Å². The molecule has 0 aromatic heterocycles. The van der Waals surface area contributed by atoms with E-state index in [1.165, 1.54) is 0 Å². The summed E-state index contributed by atoms with van der Waals surface area (Å²) in [7, 11) is 1.79. The second-order valence-electron chi connectivity index (χ2n) is 4.80. The number of hydrogen-bond acceptors (Lipinski definition) is 2. The summed E-state index contributed by atoms with van der Waals surface area (Å²) in [4.78, 5) is 13.8. The predicted molar refractivity (Wildman–Crippen MR) is 75.9 cm³/mol. The molecule has 5 heteroatoms. The molecule has 1 aromatic carbocycles. The second-order valence-corrected chi connectivity index (χ2v) is 5.24. The summed E-state index contributed by atoms with van der Waals surface area (Å²) < 4.78 is 0. The van der Waals surface area contributed by atoms with Crippen LogP contribution in [0.5, 0.6) is 0 Å². The molecule has 1 aliphatic carbocycles. The Morgan fingerprint density at radius 1 is 1.50 bits per heavy atom. The minimum absolute atomic E-state index is 0. The van der Waals surface area contributed by atoms with Gasteiger partial charge in [0.05, 0.1) is 5.54 Å². The molecule has 0 aliphatic heterocycles. The fourth-order valence-corrected chi connectivity index (χ4v) is 2.35. The summed E-state index contributed by atoms with van der Waals surface area (Å²) in [5, 5.41) is 0.689. The highest BCUT2D eigenvalue weighted by molar-refractivity contribution is 6.30. The SMILES string of the molecule is CN(Cc1cccc(Cl)c1)C(=O)C1(N)CCC1.Cl. The first-order valence-corrected chi connectivity index (χ1v) is 6.18. The molecular weight excluding hydrogens is 271 g/mol. The van der Waals surface area contributed by atoms with E-state index < -0.39 is 5.54 Å². The van der Waals surface area contributed by atoms with E-state index in [9.17, 15) is 4.79 Å². The zero-order valence-electron chi connectivity index (χ0n) is 10.4. The first kappa shape index (κ1) is 15.3. The number of rotatable bonds is 3. The maximum absolute atomic E-state index is 12.1. The summed E-state index contributed by atoms with van der Waals surface area (Å²) in [6.45, 7) is 0.554. The van der Waals surface area contributed by atoms with Crippen LogP contribution in [0.2, 0.25) is 5.02 Å². The van der Waals surface area contributed by atoms with Gasteiger partial charge < -0.3 is 10.6 Å². The summed E-state index contributed by atoms with van der Waals surface area (Å²) in [5.74, 6) is 0.0312. The lowest BCUT2D eigenvalue weighted by Crippen LogP contribution is -2.58. The minimum atomic E-state index is -0.618. The Morgan fingerprint density at radius 2 is 2.17 bits per heavy atom. The molecule has 1 saturated carbocycles. The summed E-state index contributed by atoms with van der Waals surface area (Å²) in [6.07, 6.45) is 2.64. The maximum atomic E-state index is 12.1. The monoisotopic (exact) mass is 288 g/mol. The Morgan fingerprint density at radius 3 is 2.67 bits per heavy atom. The van der Waals surface area contributed by atoms with E-state index in [2.05, 4.69) is 0 Å². The van der Waals surface area contributed by atoms with Gasteiger partial charge >= 0.3 is 0 Å². The number of benzene rings is 1. The smallest absolute Gasteiger partial charge is 0.242 e. The van der Waals surface area contributed by atoms with Crippen molar-refractivity contribution in [3.8, 4) is 0 Å². The van der Waals surface area contributed by atoms with E-state index in [1.807, 2.05) is 24.3 Å². The molecule has 18 heavy (non-hydrogen) atoms. The van der Waals surface area contributed by atoms with Crippen molar-refractivity contribution < 1.29 is 4.79 Å². The van der Waals surface area contributed by atoms with Gasteiger partial charge in [0.2, 0.25) is 5.91 Å². The molecule has 1 aliphatic rings. The Hall–Kier alpha value is -0.770. The zero-order valence-corrected chi connectivity index (χ0v) is 11.9. The lowest BCUT2D eigenvalue weighted by atomic mass is 9.76. The Labute approximate surface area is 119 Å². The molecule has 0 atom stereocenters. The Bertz CT molecular complexity index is 433. The third-order valence-corrected chi connectivity index (χ3v) is 3.56. The number of amides is 1. The van der Waals surface area contributed by atoms with Crippen LogP contribution in [-0.4, -0.2) is 23.4 Å². The minimum Gasteiger partial charge on any atom is -0.340 e. The third kappa shape index (κ3) is 3.16. The number of nitrogens with two attached hydrogens (primary N) is 1. The van der Waals surface area contributed by atoms with Gasteiger partial charge in [-0.15, -0.1) is 12.4 Å². The number of carbonyl (C=O) groups is 1. The van der Waals surface area contributed by atoms with Crippen LogP contribution >= 0.6 is 24.0 Å². The van der Waals surface area contributed by atoms with Crippen LogP contribution in [-0.2, 0) is 11.3 Å². The van der Waals surface area contributed by atoms with E-state index in [-0.39, 0.29) is 18.3 Å². The van der Waals surface area contributed by atoms with Crippen molar-refractivity contribution in [1.29, 1.82) is 0 Å². The van der Waals surface area contributed by atoms with Crippen LogP contribution < -0.4 is 5.73 Å². The van der Waals surface area contributed by atoms with Gasteiger partial charge in [-0.05, 0) is 37.0 Å². The van der Waals surface area contributed by atoms with Crippen LogP contribution in [0.4, 0.5) is 0 Å². The molecule has 1 aromatic rings. The van der Waals surface area contributed by atoms with Gasteiger partial charge in [-0.2, -0.15) is 0 Å². The van der Waals surface area contributed by atoms with E-state index in [0.29, 0.717) is 11.6 Å². The van der Waals surface area contributed by atoms with Gasteiger partial charge in [0, 0.05) is 18.6 Å². The van der Waals surface area contributed by atoms with Gasteiger partial charge in [-0.25, -0.2) is 0 Å². The van der Waals surface area contributed by atoms with Crippen molar-refractivity contribution in [3.05, 3.63) is 34.9 Å². The molecule has 2 rings (SSSR count). The molecule has 3 nitrogen and oxygen atoms in total. The summed E-state index contributed by atoms with van der Waals surface area (Å²) in [6, 6.07) is 7.54. The molecule has 0 unspecified atom stereocenters. The zero-order chi connectivity index (χ0) is 12.5. The number of carbonyl (C=O) groups excluding carboxylic acids is 1. The molecule has 0 heterocycles. The molecule has 0 saturated heterocycles. The Balaban J connectivity index is 0.00000162. The van der Waals surface area contributed by atoms with Crippen molar-refractivity contribution in [3.63, 3.8) is 0 Å². The number of likely N-dealkylation sites (N-methyl/N-ethyl adjacent to an activating group) is 1. The van der Waals surface area contributed by atoms with Gasteiger partial charge in [0.1, 0.15) is 0 Å². The van der Waals surface area contributed by atoms with E-state index in [0.717, 1.165) is 24.8 Å². The normalized spacial score (nSPS) is 16.4. The van der Waals surface area contributed by atoms with Gasteiger partial charge in [0.15, 0.2) is 0 Å². The van der Waals surface area contributed by atoms with Gasteiger partial charge in [-0.1, -0.05) is 23.7 Å². The number of nitrogens with zero attached hydrogens (tertiary/aromatic N) is 1. The van der Waals surface area contributed by atoms with Crippen molar-refractivity contribution in [2.75, 3.05) is 7.05 Å². The van der Waals surface area contributed by atoms with E-state index in [4.69, 9.17) is 17.3 Å². The average molecular weight is 289 g/mol. The van der Waals surface area contributed by atoms with Crippen LogP contribution in [0.25, 0.3) is 0 Å². The molecule has 0 bridgehead atoms. The fraction of sp³-hybridized carbons (Fsp3) is 0.462. The first-order valence-electron chi connectivity index (χ1n) is 5.80. The fourth-order valence-electron chi connectivity index (χ4n) is 2.13. The molecule has 0 spiro atoms. The predicted octanol–water partition coefficient (Wildman–Crippen LogP) is 2.60. The third-order valence-electron chi connectivity index (χ3n) is 3.33. The highest BCUT2D eigenvalue weighted by Crippen LogP contribution is 2.31. The molecule has 100 valence electrons. The average Bonchev–Trinajstić information content (AvgIpc) is 2.25. The van der Waals surface area contributed by atoms with Gasteiger partial charge in [0.25, 0.3) is 0 Å².